The summed E-state index contributed by atoms with van der Waals surface area (Å²) in [5.74, 6) is 0. The van der Waals surface area contributed by atoms with Crippen LogP contribution in [-0.4, -0.2) is 21.4 Å². The van der Waals surface area contributed by atoms with Crippen LogP contribution in [0.25, 0.3) is 10.9 Å². The summed E-state index contributed by atoms with van der Waals surface area (Å²) in [5.41, 5.74) is -0.993. The Kier molecular flexibility index (Phi) is 2.84. The third-order valence-electron chi connectivity index (χ3n) is 2.42. The van der Waals surface area contributed by atoms with E-state index in [1.807, 2.05) is 4.98 Å². The van der Waals surface area contributed by atoms with Crippen molar-refractivity contribution in [1.82, 2.24) is 9.97 Å². The lowest BCUT2D eigenvalue weighted by Crippen LogP contribution is -2.22. The van der Waals surface area contributed by atoms with Gasteiger partial charge in [-0.05, 0) is 13.0 Å². The van der Waals surface area contributed by atoms with Crippen molar-refractivity contribution in [3.05, 3.63) is 43.1 Å². The summed E-state index contributed by atoms with van der Waals surface area (Å²) in [5, 5.41) is 13.8. The number of nitro benzene ring substituents is 1. The minimum absolute atomic E-state index is 0.0722. The summed E-state index contributed by atoms with van der Waals surface area (Å²) in [6.07, 6.45) is 0. The Bertz CT molecular complexity index is 731. The predicted molar refractivity (Wildman–Crippen MR) is 66.0 cm³/mol. The second-order valence-electron chi connectivity index (χ2n) is 3.61. The third-order valence-corrected chi connectivity index (χ3v) is 2.42. The first-order valence-electron chi connectivity index (χ1n) is 5.21. The van der Waals surface area contributed by atoms with Crippen LogP contribution in [0.4, 0.5) is 11.4 Å². The summed E-state index contributed by atoms with van der Waals surface area (Å²) in [6.45, 7) is 2.27. The minimum Gasteiger partial charge on any atom is -0.380 e. The van der Waals surface area contributed by atoms with E-state index in [2.05, 4.69) is 10.3 Å². The van der Waals surface area contributed by atoms with E-state index in [0.29, 0.717) is 6.54 Å². The van der Waals surface area contributed by atoms with E-state index in [1.54, 1.807) is 6.92 Å². The Balaban J connectivity index is 2.84. The van der Waals surface area contributed by atoms with Crippen molar-refractivity contribution in [2.75, 3.05) is 11.9 Å². The average molecular weight is 250 g/mol. The molecule has 0 fully saturated rings. The van der Waals surface area contributed by atoms with Gasteiger partial charge in [0.25, 0.3) is 11.2 Å². The summed E-state index contributed by atoms with van der Waals surface area (Å²) < 4.78 is 0. The molecular formula is C10H10N4O4. The molecule has 8 heteroatoms. The van der Waals surface area contributed by atoms with Gasteiger partial charge >= 0.3 is 5.69 Å². The molecule has 0 saturated carbocycles. The molecule has 0 amide bonds. The van der Waals surface area contributed by atoms with Gasteiger partial charge in [0.2, 0.25) is 0 Å². The van der Waals surface area contributed by atoms with Crippen LogP contribution in [0.3, 0.4) is 0 Å². The lowest BCUT2D eigenvalue weighted by Gasteiger charge is -2.05. The SMILES string of the molecule is CCNc1cc2[nH]c(=O)[nH]c(=O)c2cc1[N+](=O)[O-]. The van der Waals surface area contributed by atoms with Crippen LogP contribution in [-0.2, 0) is 0 Å². The monoisotopic (exact) mass is 250 g/mol. The molecule has 8 nitrogen and oxygen atoms in total. The number of nitrogens with zero attached hydrogens (tertiary/aromatic N) is 1. The van der Waals surface area contributed by atoms with Gasteiger partial charge in [0, 0.05) is 12.6 Å². The molecule has 1 aromatic carbocycles. The van der Waals surface area contributed by atoms with Gasteiger partial charge in [0.15, 0.2) is 0 Å². The highest BCUT2D eigenvalue weighted by Crippen LogP contribution is 2.27. The van der Waals surface area contributed by atoms with Gasteiger partial charge in [-0.25, -0.2) is 4.79 Å². The highest BCUT2D eigenvalue weighted by molar-refractivity contribution is 5.86. The van der Waals surface area contributed by atoms with E-state index in [4.69, 9.17) is 0 Å². The van der Waals surface area contributed by atoms with Crippen molar-refractivity contribution in [3.8, 4) is 0 Å². The maximum absolute atomic E-state index is 11.5. The quantitative estimate of drug-likeness (QED) is 0.542. The summed E-state index contributed by atoms with van der Waals surface area (Å²) in [4.78, 5) is 37.4. The molecule has 0 atom stereocenters. The molecular weight excluding hydrogens is 240 g/mol. The van der Waals surface area contributed by atoms with Crippen LogP contribution >= 0.6 is 0 Å². The lowest BCUT2D eigenvalue weighted by atomic mass is 10.2. The molecule has 0 aliphatic heterocycles. The van der Waals surface area contributed by atoms with Crippen LogP contribution in [0.1, 0.15) is 6.92 Å². The average Bonchev–Trinajstić information content (AvgIpc) is 2.27. The number of hydrogen-bond acceptors (Lipinski definition) is 5. The summed E-state index contributed by atoms with van der Waals surface area (Å²) in [7, 11) is 0. The second kappa shape index (κ2) is 4.32. The Hall–Kier alpha value is -2.64. The van der Waals surface area contributed by atoms with Crippen molar-refractivity contribution in [2.24, 2.45) is 0 Å². The van der Waals surface area contributed by atoms with E-state index < -0.39 is 16.2 Å². The summed E-state index contributed by atoms with van der Waals surface area (Å²) in [6, 6.07) is 2.52. The normalized spacial score (nSPS) is 10.5. The number of aromatic nitrogens is 2. The lowest BCUT2D eigenvalue weighted by molar-refractivity contribution is -0.383. The molecule has 0 radical (unpaired) electrons. The summed E-state index contributed by atoms with van der Waals surface area (Å²) >= 11 is 0. The van der Waals surface area contributed by atoms with Gasteiger partial charge in [-0.15, -0.1) is 0 Å². The second-order valence-corrected chi connectivity index (χ2v) is 3.61. The van der Waals surface area contributed by atoms with E-state index in [-0.39, 0.29) is 22.3 Å². The minimum atomic E-state index is -0.653. The first kappa shape index (κ1) is 11.8. The van der Waals surface area contributed by atoms with Crippen LogP contribution in [0.2, 0.25) is 0 Å². The number of benzene rings is 1. The highest BCUT2D eigenvalue weighted by Gasteiger charge is 2.16. The van der Waals surface area contributed by atoms with Crippen molar-refractivity contribution in [3.63, 3.8) is 0 Å². The Labute approximate surface area is 99.8 Å². The van der Waals surface area contributed by atoms with Crippen molar-refractivity contribution >= 4 is 22.3 Å². The van der Waals surface area contributed by atoms with Gasteiger partial charge in [0.1, 0.15) is 5.69 Å². The zero-order valence-corrected chi connectivity index (χ0v) is 9.44. The van der Waals surface area contributed by atoms with Gasteiger partial charge < -0.3 is 10.3 Å². The number of fused-ring (bicyclic) bond motifs is 1. The standard InChI is InChI=1S/C10H10N4O4/c1-2-11-7-4-6-5(3-8(7)14(17)18)9(15)13-10(16)12-6/h3-4,11H,2H2,1H3,(H2,12,13,15,16). The molecule has 18 heavy (non-hydrogen) atoms. The van der Waals surface area contributed by atoms with Crippen LogP contribution in [0.15, 0.2) is 21.7 Å². The molecule has 0 spiro atoms. The molecule has 2 rings (SSSR count). The predicted octanol–water partition coefficient (Wildman–Crippen LogP) is 0.556. The third kappa shape index (κ3) is 1.95. The number of nitro groups is 1. The molecule has 3 N–H and O–H groups in total. The Morgan fingerprint density at radius 1 is 1.33 bits per heavy atom. The van der Waals surface area contributed by atoms with E-state index >= 15 is 0 Å². The van der Waals surface area contributed by atoms with Gasteiger partial charge in [-0.1, -0.05) is 0 Å². The van der Waals surface area contributed by atoms with Crippen LogP contribution < -0.4 is 16.6 Å². The molecule has 0 aliphatic rings. The molecule has 1 heterocycles. The topological polar surface area (TPSA) is 121 Å². The van der Waals surface area contributed by atoms with E-state index in [0.717, 1.165) is 6.07 Å². The molecule has 94 valence electrons. The highest BCUT2D eigenvalue weighted by atomic mass is 16.6. The van der Waals surface area contributed by atoms with Crippen molar-refractivity contribution in [2.45, 2.75) is 6.92 Å². The fraction of sp³-hybridized carbons (Fsp3) is 0.200. The maximum atomic E-state index is 11.5. The number of nitrogens with one attached hydrogen (secondary N) is 3. The van der Waals surface area contributed by atoms with Gasteiger partial charge in [-0.3, -0.25) is 19.9 Å². The number of H-pyrrole nitrogens is 2. The van der Waals surface area contributed by atoms with Crippen molar-refractivity contribution in [1.29, 1.82) is 0 Å². The first-order chi connectivity index (χ1) is 8.52. The molecule has 0 bridgehead atoms. The largest absolute Gasteiger partial charge is 0.380 e. The number of rotatable bonds is 3. The molecule has 0 unspecified atom stereocenters. The zero-order valence-electron chi connectivity index (χ0n) is 9.44. The van der Waals surface area contributed by atoms with Gasteiger partial charge in [0.05, 0.1) is 15.8 Å². The Morgan fingerprint density at radius 2 is 2.06 bits per heavy atom. The number of hydrogen-bond donors (Lipinski definition) is 3. The first-order valence-corrected chi connectivity index (χ1v) is 5.21. The molecule has 2 aromatic rings. The molecule has 0 aliphatic carbocycles. The fourth-order valence-electron chi connectivity index (χ4n) is 1.69. The maximum Gasteiger partial charge on any atom is 0.326 e. The number of aromatic amines is 2. The van der Waals surface area contributed by atoms with Gasteiger partial charge in [-0.2, -0.15) is 0 Å². The smallest absolute Gasteiger partial charge is 0.326 e. The Morgan fingerprint density at radius 3 is 2.67 bits per heavy atom. The van der Waals surface area contributed by atoms with E-state index in [1.165, 1.54) is 6.07 Å². The van der Waals surface area contributed by atoms with Crippen LogP contribution in [0, 0.1) is 10.1 Å². The van der Waals surface area contributed by atoms with Crippen molar-refractivity contribution < 1.29 is 4.92 Å². The molecule has 0 saturated heterocycles. The number of anilines is 1. The van der Waals surface area contributed by atoms with E-state index in [9.17, 15) is 19.7 Å². The van der Waals surface area contributed by atoms with Crippen LogP contribution in [0.5, 0.6) is 0 Å². The molecule has 1 aromatic heterocycles. The fourth-order valence-corrected chi connectivity index (χ4v) is 1.69. The zero-order chi connectivity index (χ0) is 13.3.